The number of aryl methyl sites for hydroxylation is 2. The van der Waals surface area contributed by atoms with Crippen molar-refractivity contribution in [3.8, 4) is 0 Å². The molecule has 0 bridgehead atoms. The molecule has 1 fully saturated rings. The first-order valence-corrected chi connectivity index (χ1v) is 9.61. The Bertz CT molecular complexity index is 807. The zero-order chi connectivity index (χ0) is 19.9. The minimum Gasteiger partial charge on any atom is -0.376 e. The van der Waals surface area contributed by atoms with Crippen molar-refractivity contribution in [2.45, 2.75) is 32.8 Å². The molecular formula is C22H27N3O3. The molecule has 6 nitrogen and oxygen atoms in total. The van der Waals surface area contributed by atoms with Crippen molar-refractivity contribution < 1.29 is 14.3 Å². The van der Waals surface area contributed by atoms with E-state index in [9.17, 15) is 9.59 Å². The van der Waals surface area contributed by atoms with Crippen molar-refractivity contribution in [1.82, 2.24) is 5.32 Å². The van der Waals surface area contributed by atoms with E-state index in [1.54, 1.807) is 24.3 Å². The van der Waals surface area contributed by atoms with Crippen LogP contribution in [0.3, 0.4) is 0 Å². The summed E-state index contributed by atoms with van der Waals surface area (Å²) in [5.41, 5.74) is 4.44. The molecule has 28 heavy (non-hydrogen) atoms. The fourth-order valence-corrected chi connectivity index (χ4v) is 3.28. The maximum atomic E-state index is 12.2. The van der Waals surface area contributed by atoms with Gasteiger partial charge in [0.25, 0.3) is 5.91 Å². The molecule has 3 N–H and O–H groups in total. The van der Waals surface area contributed by atoms with Crippen LogP contribution in [-0.4, -0.2) is 37.6 Å². The van der Waals surface area contributed by atoms with Crippen molar-refractivity contribution in [1.29, 1.82) is 0 Å². The molecule has 3 rings (SSSR count). The van der Waals surface area contributed by atoms with Crippen molar-refractivity contribution in [3.63, 3.8) is 0 Å². The number of nitrogens with one attached hydrogen (secondary N) is 3. The highest BCUT2D eigenvalue weighted by molar-refractivity contribution is 5.96. The smallest absolute Gasteiger partial charge is 0.251 e. The van der Waals surface area contributed by atoms with E-state index in [4.69, 9.17) is 4.74 Å². The van der Waals surface area contributed by atoms with Gasteiger partial charge < -0.3 is 20.7 Å². The second-order valence-electron chi connectivity index (χ2n) is 7.20. The van der Waals surface area contributed by atoms with Gasteiger partial charge in [-0.2, -0.15) is 0 Å². The average molecular weight is 381 g/mol. The van der Waals surface area contributed by atoms with E-state index in [-0.39, 0.29) is 24.5 Å². The molecule has 0 spiro atoms. The quantitative estimate of drug-likeness (QED) is 0.688. The number of anilines is 2. The van der Waals surface area contributed by atoms with E-state index in [1.165, 1.54) is 0 Å². The van der Waals surface area contributed by atoms with Crippen LogP contribution in [0.5, 0.6) is 0 Å². The van der Waals surface area contributed by atoms with Gasteiger partial charge in [0.05, 0.1) is 12.6 Å². The minimum absolute atomic E-state index is 0.118. The summed E-state index contributed by atoms with van der Waals surface area (Å²) >= 11 is 0. The molecule has 2 aromatic carbocycles. The number of hydrogen-bond acceptors (Lipinski definition) is 4. The SMILES string of the molecule is Cc1cc(C)cc(NCC(=O)Nc2ccc(C(=O)NCC3CCCO3)cc2)c1. The lowest BCUT2D eigenvalue weighted by Gasteiger charge is -2.11. The summed E-state index contributed by atoms with van der Waals surface area (Å²) in [6, 6.07) is 13.0. The third-order valence-corrected chi connectivity index (χ3v) is 4.62. The van der Waals surface area contributed by atoms with Crippen LogP contribution >= 0.6 is 0 Å². The second kappa shape index (κ2) is 9.37. The Balaban J connectivity index is 1.46. The number of hydrogen-bond donors (Lipinski definition) is 3. The zero-order valence-electron chi connectivity index (χ0n) is 16.4. The highest BCUT2D eigenvalue weighted by Gasteiger charge is 2.16. The van der Waals surface area contributed by atoms with Gasteiger partial charge >= 0.3 is 0 Å². The number of rotatable bonds is 7. The van der Waals surface area contributed by atoms with Crippen LogP contribution in [0.25, 0.3) is 0 Å². The molecule has 6 heteroatoms. The van der Waals surface area contributed by atoms with Crippen LogP contribution in [0.2, 0.25) is 0 Å². The van der Waals surface area contributed by atoms with E-state index in [2.05, 4.69) is 22.0 Å². The molecule has 1 aliphatic rings. The monoisotopic (exact) mass is 381 g/mol. The molecule has 0 radical (unpaired) electrons. The summed E-state index contributed by atoms with van der Waals surface area (Å²) in [5.74, 6) is -0.278. The Morgan fingerprint density at radius 1 is 1.04 bits per heavy atom. The fraction of sp³-hybridized carbons (Fsp3) is 0.364. The van der Waals surface area contributed by atoms with E-state index in [1.807, 2.05) is 26.0 Å². The van der Waals surface area contributed by atoms with Gasteiger partial charge in [0.1, 0.15) is 0 Å². The van der Waals surface area contributed by atoms with Gasteiger partial charge in [0.15, 0.2) is 0 Å². The predicted molar refractivity (Wildman–Crippen MR) is 111 cm³/mol. The van der Waals surface area contributed by atoms with Crippen LogP contribution < -0.4 is 16.0 Å². The Morgan fingerprint density at radius 2 is 1.75 bits per heavy atom. The van der Waals surface area contributed by atoms with E-state index < -0.39 is 0 Å². The highest BCUT2D eigenvalue weighted by Crippen LogP contribution is 2.14. The lowest BCUT2D eigenvalue weighted by Crippen LogP contribution is -2.31. The summed E-state index contributed by atoms with van der Waals surface area (Å²) in [6.07, 6.45) is 2.15. The number of carbonyl (C=O) groups is 2. The molecule has 148 valence electrons. The van der Waals surface area contributed by atoms with Crippen LogP contribution in [0.4, 0.5) is 11.4 Å². The highest BCUT2D eigenvalue weighted by atomic mass is 16.5. The normalized spacial score (nSPS) is 15.9. The van der Waals surface area contributed by atoms with Crippen molar-refractivity contribution >= 4 is 23.2 Å². The molecule has 1 heterocycles. The number of carbonyl (C=O) groups excluding carboxylic acids is 2. The first-order valence-electron chi connectivity index (χ1n) is 9.61. The lowest BCUT2D eigenvalue weighted by molar-refractivity contribution is -0.114. The number of benzene rings is 2. The Kier molecular flexibility index (Phi) is 6.66. The summed E-state index contributed by atoms with van der Waals surface area (Å²) in [6.45, 7) is 5.52. The Hall–Kier alpha value is -2.86. The summed E-state index contributed by atoms with van der Waals surface area (Å²) in [4.78, 5) is 24.3. The molecule has 1 unspecified atom stereocenters. The second-order valence-corrected chi connectivity index (χ2v) is 7.20. The van der Waals surface area contributed by atoms with E-state index in [0.717, 1.165) is 36.3 Å². The molecule has 1 atom stereocenters. The molecular weight excluding hydrogens is 354 g/mol. The number of ether oxygens (including phenoxy) is 1. The number of amides is 2. The van der Waals surface area contributed by atoms with Gasteiger partial charge in [-0.3, -0.25) is 9.59 Å². The van der Waals surface area contributed by atoms with Crippen molar-refractivity contribution in [3.05, 3.63) is 59.2 Å². The molecule has 0 aromatic heterocycles. The third-order valence-electron chi connectivity index (χ3n) is 4.62. The Labute approximate surface area is 165 Å². The first-order chi connectivity index (χ1) is 13.5. The van der Waals surface area contributed by atoms with Gasteiger partial charge in [-0.25, -0.2) is 0 Å². The van der Waals surface area contributed by atoms with Crippen LogP contribution in [0.1, 0.15) is 34.3 Å². The van der Waals surface area contributed by atoms with Gasteiger partial charge in [0.2, 0.25) is 5.91 Å². The van der Waals surface area contributed by atoms with Crippen LogP contribution in [-0.2, 0) is 9.53 Å². The van der Waals surface area contributed by atoms with Crippen LogP contribution in [0.15, 0.2) is 42.5 Å². The molecule has 2 aromatic rings. The van der Waals surface area contributed by atoms with Gasteiger partial charge in [0, 0.05) is 30.1 Å². The molecule has 1 saturated heterocycles. The fourth-order valence-electron chi connectivity index (χ4n) is 3.28. The maximum absolute atomic E-state index is 12.2. The molecule has 0 aliphatic carbocycles. The zero-order valence-corrected chi connectivity index (χ0v) is 16.4. The third kappa shape index (κ3) is 5.82. The summed E-state index contributed by atoms with van der Waals surface area (Å²) in [7, 11) is 0. The average Bonchev–Trinajstić information content (AvgIpc) is 3.18. The van der Waals surface area contributed by atoms with Gasteiger partial charge in [-0.1, -0.05) is 6.07 Å². The summed E-state index contributed by atoms with van der Waals surface area (Å²) < 4.78 is 5.50. The Morgan fingerprint density at radius 3 is 2.39 bits per heavy atom. The van der Waals surface area contributed by atoms with Crippen molar-refractivity contribution in [2.75, 3.05) is 30.3 Å². The predicted octanol–water partition coefficient (Wildman–Crippen LogP) is 3.26. The van der Waals surface area contributed by atoms with Gasteiger partial charge in [-0.05, 0) is 74.2 Å². The lowest BCUT2D eigenvalue weighted by atomic mass is 10.1. The maximum Gasteiger partial charge on any atom is 0.251 e. The van der Waals surface area contributed by atoms with E-state index >= 15 is 0 Å². The largest absolute Gasteiger partial charge is 0.376 e. The topological polar surface area (TPSA) is 79.5 Å². The first kappa shape index (κ1) is 19.9. The van der Waals surface area contributed by atoms with E-state index in [0.29, 0.717) is 17.8 Å². The molecule has 1 aliphatic heterocycles. The molecule has 2 amide bonds. The van der Waals surface area contributed by atoms with Crippen molar-refractivity contribution in [2.24, 2.45) is 0 Å². The van der Waals surface area contributed by atoms with Gasteiger partial charge in [-0.15, -0.1) is 0 Å². The minimum atomic E-state index is -0.144. The van der Waals surface area contributed by atoms with Crippen LogP contribution in [0, 0.1) is 13.8 Å². The molecule has 0 saturated carbocycles. The summed E-state index contributed by atoms with van der Waals surface area (Å²) in [5, 5.41) is 8.85. The standard InChI is InChI=1S/C22H27N3O3/c1-15-10-16(2)12-19(11-15)23-14-21(26)25-18-7-5-17(6-8-18)22(27)24-13-20-4-3-9-28-20/h5-8,10-12,20,23H,3-4,9,13-14H2,1-2H3,(H,24,27)(H,25,26).